The minimum atomic E-state index is 0.230. The fourth-order valence-corrected chi connectivity index (χ4v) is 2.64. The van der Waals surface area contributed by atoms with Gasteiger partial charge in [-0.3, -0.25) is 4.79 Å². The summed E-state index contributed by atoms with van der Waals surface area (Å²) in [5, 5.41) is 3.38. The Morgan fingerprint density at radius 1 is 1.47 bits per heavy atom. The van der Waals surface area contributed by atoms with E-state index in [-0.39, 0.29) is 11.9 Å². The normalized spacial score (nSPS) is 19.3. The van der Waals surface area contributed by atoms with Gasteiger partial charge in [0.25, 0.3) is 0 Å². The number of anilines is 1. The predicted octanol–water partition coefficient (Wildman–Crippen LogP) is 2.74. The lowest BCUT2D eigenvalue weighted by molar-refractivity contribution is -0.118. The summed E-state index contributed by atoms with van der Waals surface area (Å²) < 4.78 is 0. The molecule has 104 valence electrons. The number of carbonyl (C=O) groups excluding carboxylic acids is 1. The molecule has 0 spiro atoms. The standard InChI is InChI=1S/C16H24N2O/c1-4-12(2)17-10-9-16(19)18-13(3)11-14-7-5-6-8-15(14)18/h5-8,12-13,17H,4,9-11H2,1-3H3. The number of para-hydroxylation sites is 1. The Kier molecular flexibility index (Phi) is 4.59. The second-order valence-electron chi connectivity index (χ2n) is 5.46. The molecule has 0 bridgehead atoms. The van der Waals surface area contributed by atoms with E-state index in [1.54, 1.807) is 0 Å². The molecule has 0 aromatic heterocycles. The topological polar surface area (TPSA) is 32.3 Å². The number of fused-ring (bicyclic) bond motifs is 1. The van der Waals surface area contributed by atoms with E-state index in [1.165, 1.54) is 5.56 Å². The lowest BCUT2D eigenvalue weighted by atomic mass is 10.1. The van der Waals surface area contributed by atoms with Crippen molar-refractivity contribution < 1.29 is 4.79 Å². The third kappa shape index (κ3) is 3.16. The van der Waals surface area contributed by atoms with Crippen LogP contribution in [0.2, 0.25) is 0 Å². The highest BCUT2D eigenvalue weighted by Gasteiger charge is 2.29. The molecular formula is C16H24N2O. The fraction of sp³-hybridized carbons (Fsp3) is 0.562. The second kappa shape index (κ2) is 6.20. The van der Waals surface area contributed by atoms with E-state index in [2.05, 4.69) is 38.2 Å². The van der Waals surface area contributed by atoms with Gasteiger partial charge in [0.2, 0.25) is 5.91 Å². The molecular weight excluding hydrogens is 236 g/mol. The quantitative estimate of drug-likeness (QED) is 0.883. The summed E-state index contributed by atoms with van der Waals surface area (Å²) in [6, 6.07) is 9.00. The monoisotopic (exact) mass is 260 g/mol. The van der Waals surface area contributed by atoms with Crippen LogP contribution in [-0.4, -0.2) is 24.5 Å². The van der Waals surface area contributed by atoms with Crippen LogP contribution in [0.1, 0.15) is 39.2 Å². The molecule has 1 heterocycles. The van der Waals surface area contributed by atoms with Crippen molar-refractivity contribution in [1.82, 2.24) is 5.32 Å². The molecule has 19 heavy (non-hydrogen) atoms. The molecule has 0 saturated carbocycles. The van der Waals surface area contributed by atoms with Crippen LogP contribution in [0.4, 0.5) is 5.69 Å². The van der Waals surface area contributed by atoms with Crippen molar-refractivity contribution in [3.05, 3.63) is 29.8 Å². The first-order chi connectivity index (χ1) is 9.13. The molecule has 0 saturated heterocycles. The molecule has 1 N–H and O–H groups in total. The number of carbonyl (C=O) groups is 1. The fourth-order valence-electron chi connectivity index (χ4n) is 2.64. The molecule has 1 aliphatic heterocycles. The Bertz CT molecular complexity index is 444. The van der Waals surface area contributed by atoms with E-state index in [0.717, 1.165) is 25.1 Å². The van der Waals surface area contributed by atoms with Crippen molar-refractivity contribution in [1.29, 1.82) is 0 Å². The molecule has 2 unspecified atom stereocenters. The summed E-state index contributed by atoms with van der Waals surface area (Å²) >= 11 is 0. The summed E-state index contributed by atoms with van der Waals surface area (Å²) in [6.45, 7) is 7.19. The van der Waals surface area contributed by atoms with Crippen molar-refractivity contribution in [2.45, 2.75) is 52.1 Å². The highest BCUT2D eigenvalue weighted by atomic mass is 16.2. The van der Waals surface area contributed by atoms with Crippen LogP contribution in [-0.2, 0) is 11.2 Å². The first-order valence-corrected chi connectivity index (χ1v) is 7.26. The van der Waals surface area contributed by atoms with Crippen LogP contribution in [0.5, 0.6) is 0 Å². The van der Waals surface area contributed by atoms with Gasteiger partial charge in [-0.2, -0.15) is 0 Å². The highest BCUT2D eigenvalue weighted by molar-refractivity contribution is 5.96. The third-order valence-electron chi connectivity index (χ3n) is 3.92. The molecule has 2 rings (SSSR count). The van der Waals surface area contributed by atoms with Gasteiger partial charge in [0, 0.05) is 30.7 Å². The van der Waals surface area contributed by atoms with E-state index in [9.17, 15) is 4.79 Å². The van der Waals surface area contributed by atoms with Crippen molar-refractivity contribution in [2.75, 3.05) is 11.4 Å². The highest BCUT2D eigenvalue weighted by Crippen LogP contribution is 2.32. The SMILES string of the molecule is CCC(C)NCCC(=O)N1c2ccccc2CC1C. The van der Waals surface area contributed by atoms with Gasteiger partial charge < -0.3 is 10.2 Å². The summed E-state index contributed by atoms with van der Waals surface area (Å²) in [7, 11) is 0. The third-order valence-corrected chi connectivity index (χ3v) is 3.92. The van der Waals surface area contributed by atoms with Gasteiger partial charge in [-0.05, 0) is 38.3 Å². The number of nitrogens with zero attached hydrogens (tertiary/aromatic N) is 1. The van der Waals surface area contributed by atoms with Crippen LogP contribution in [0.3, 0.4) is 0 Å². The van der Waals surface area contributed by atoms with Crippen molar-refractivity contribution in [2.24, 2.45) is 0 Å². The Balaban J connectivity index is 1.96. The average molecular weight is 260 g/mol. The molecule has 0 radical (unpaired) electrons. The first kappa shape index (κ1) is 14.1. The Morgan fingerprint density at radius 3 is 2.95 bits per heavy atom. The van der Waals surface area contributed by atoms with E-state index in [4.69, 9.17) is 0 Å². The second-order valence-corrected chi connectivity index (χ2v) is 5.46. The largest absolute Gasteiger partial charge is 0.314 e. The van der Waals surface area contributed by atoms with Crippen LogP contribution < -0.4 is 10.2 Å². The number of hydrogen-bond acceptors (Lipinski definition) is 2. The van der Waals surface area contributed by atoms with Crippen LogP contribution in [0, 0.1) is 0 Å². The van der Waals surface area contributed by atoms with Gasteiger partial charge in [-0.15, -0.1) is 0 Å². The molecule has 1 aromatic carbocycles. The van der Waals surface area contributed by atoms with Gasteiger partial charge in [0.05, 0.1) is 0 Å². The number of nitrogens with one attached hydrogen (secondary N) is 1. The number of benzene rings is 1. The van der Waals surface area contributed by atoms with Crippen molar-refractivity contribution >= 4 is 11.6 Å². The Hall–Kier alpha value is -1.35. The first-order valence-electron chi connectivity index (χ1n) is 7.26. The summed E-state index contributed by atoms with van der Waals surface area (Å²) in [5.74, 6) is 0.230. The minimum Gasteiger partial charge on any atom is -0.314 e. The maximum absolute atomic E-state index is 12.4. The lowest BCUT2D eigenvalue weighted by Crippen LogP contribution is -2.38. The summed E-state index contributed by atoms with van der Waals surface area (Å²) in [5.41, 5.74) is 2.39. The van der Waals surface area contributed by atoms with Gasteiger partial charge in [-0.1, -0.05) is 25.1 Å². The number of amides is 1. The summed E-state index contributed by atoms with van der Waals surface area (Å²) in [6.07, 6.45) is 2.64. The Morgan fingerprint density at radius 2 is 2.21 bits per heavy atom. The summed E-state index contributed by atoms with van der Waals surface area (Å²) in [4.78, 5) is 14.3. The van der Waals surface area contributed by atoms with E-state index in [0.29, 0.717) is 12.5 Å². The van der Waals surface area contributed by atoms with Crippen LogP contribution >= 0.6 is 0 Å². The predicted molar refractivity (Wildman–Crippen MR) is 79.5 cm³/mol. The van der Waals surface area contributed by atoms with Gasteiger partial charge in [0.1, 0.15) is 0 Å². The van der Waals surface area contributed by atoms with Gasteiger partial charge in [0.15, 0.2) is 0 Å². The van der Waals surface area contributed by atoms with E-state index < -0.39 is 0 Å². The molecule has 1 amide bonds. The smallest absolute Gasteiger partial charge is 0.228 e. The molecule has 1 aliphatic rings. The molecule has 0 aliphatic carbocycles. The zero-order valence-electron chi connectivity index (χ0n) is 12.1. The average Bonchev–Trinajstić information content (AvgIpc) is 2.74. The molecule has 3 heteroatoms. The molecule has 3 nitrogen and oxygen atoms in total. The zero-order chi connectivity index (χ0) is 13.8. The Labute approximate surface area is 116 Å². The maximum atomic E-state index is 12.4. The molecule has 1 aromatic rings. The number of hydrogen-bond donors (Lipinski definition) is 1. The zero-order valence-corrected chi connectivity index (χ0v) is 12.1. The molecule has 0 fully saturated rings. The van der Waals surface area contributed by atoms with Crippen LogP contribution in [0.15, 0.2) is 24.3 Å². The van der Waals surface area contributed by atoms with E-state index >= 15 is 0 Å². The van der Waals surface area contributed by atoms with Gasteiger partial charge in [-0.25, -0.2) is 0 Å². The lowest BCUT2D eigenvalue weighted by Gasteiger charge is -2.23. The van der Waals surface area contributed by atoms with E-state index in [1.807, 2.05) is 17.0 Å². The van der Waals surface area contributed by atoms with Gasteiger partial charge >= 0.3 is 0 Å². The van der Waals surface area contributed by atoms with Crippen LogP contribution in [0.25, 0.3) is 0 Å². The van der Waals surface area contributed by atoms with Crippen molar-refractivity contribution in [3.63, 3.8) is 0 Å². The minimum absolute atomic E-state index is 0.230. The van der Waals surface area contributed by atoms with Crippen molar-refractivity contribution in [3.8, 4) is 0 Å². The molecule has 2 atom stereocenters. The maximum Gasteiger partial charge on any atom is 0.228 e. The number of rotatable bonds is 5.